The molecule has 2 unspecified atom stereocenters. The summed E-state index contributed by atoms with van der Waals surface area (Å²) in [6, 6.07) is 0.688. The lowest BCUT2D eigenvalue weighted by molar-refractivity contribution is -0.157. The fourth-order valence-electron chi connectivity index (χ4n) is 3.79. The first kappa shape index (κ1) is 16.2. The molecule has 20 heavy (non-hydrogen) atoms. The summed E-state index contributed by atoms with van der Waals surface area (Å²) in [5.74, 6) is 0. The number of nitrogens with two attached hydrogens (primary N) is 1. The van der Waals surface area contributed by atoms with Gasteiger partial charge in [0.15, 0.2) is 0 Å². The summed E-state index contributed by atoms with van der Waals surface area (Å²) in [5, 5.41) is 0. The van der Waals surface area contributed by atoms with Gasteiger partial charge in [0.2, 0.25) is 0 Å². The van der Waals surface area contributed by atoms with Crippen LogP contribution >= 0.6 is 0 Å². The molecule has 1 saturated heterocycles. The third-order valence-corrected chi connectivity index (χ3v) is 5.85. The molecular weight excluding hydrogens is 250 g/mol. The third kappa shape index (κ3) is 2.89. The molecule has 0 spiro atoms. The van der Waals surface area contributed by atoms with Gasteiger partial charge in [0.25, 0.3) is 0 Å². The Labute approximate surface area is 124 Å². The first-order chi connectivity index (χ1) is 9.30. The van der Waals surface area contributed by atoms with E-state index in [-0.39, 0.29) is 11.0 Å². The largest absolute Gasteiger partial charge is 0.378 e. The van der Waals surface area contributed by atoms with E-state index in [1.54, 1.807) is 0 Å². The molecule has 0 bridgehead atoms. The van der Waals surface area contributed by atoms with Gasteiger partial charge in [0.1, 0.15) is 0 Å². The van der Waals surface area contributed by atoms with Gasteiger partial charge in [0, 0.05) is 30.1 Å². The highest BCUT2D eigenvalue weighted by atomic mass is 16.5. The van der Waals surface area contributed by atoms with Crippen molar-refractivity contribution in [2.45, 2.75) is 57.7 Å². The summed E-state index contributed by atoms with van der Waals surface area (Å²) in [7, 11) is 4.46. The molecule has 4 nitrogen and oxygen atoms in total. The number of nitrogens with zero attached hydrogens (tertiary/aromatic N) is 2. The Morgan fingerprint density at radius 2 is 1.90 bits per heavy atom. The highest BCUT2D eigenvalue weighted by Crippen LogP contribution is 2.50. The van der Waals surface area contributed by atoms with Crippen LogP contribution in [0.1, 0.15) is 40.0 Å². The molecule has 2 fully saturated rings. The van der Waals surface area contributed by atoms with Crippen LogP contribution in [0.3, 0.4) is 0 Å². The summed E-state index contributed by atoms with van der Waals surface area (Å²) in [5.41, 5.74) is 6.67. The maximum Gasteiger partial charge on any atom is 0.0662 e. The number of likely N-dealkylation sites (N-methyl/N-ethyl adjacent to an activating group) is 1. The van der Waals surface area contributed by atoms with E-state index >= 15 is 0 Å². The Kier molecular flexibility index (Phi) is 4.80. The monoisotopic (exact) mass is 283 g/mol. The Balaban J connectivity index is 1.89. The number of ether oxygens (including phenoxy) is 1. The average molecular weight is 283 g/mol. The van der Waals surface area contributed by atoms with E-state index in [4.69, 9.17) is 10.5 Å². The van der Waals surface area contributed by atoms with Gasteiger partial charge in [-0.1, -0.05) is 13.8 Å². The van der Waals surface area contributed by atoms with E-state index < -0.39 is 0 Å². The Morgan fingerprint density at radius 3 is 2.40 bits per heavy atom. The van der Waals surface area contributed by atoms with Crippen molar-refractivity contribution in [3.63, 3.8) is 0 Å². The van der Waals surface area contributed by atoms with Gasteiger partial charge in [-0.3, -0.25) is 0 Å². The van der Waals surface area contributed by atoms with Crippen molar-refractivity contribution < 1.29 is 4.74 Å². The van der Waals surface area contributed by atoms with Gasteiger partial charge in [-0.25, -0.2) is 0 Å². The van der Waals surface area contributed by atoms with Gasteiger partial charge in [-0.2, -0.15) is 0 Å². The minimum absolute atomic E-state index is 0.0722. The number of hydrogen-bond acceptors (Lipinski definition) is 4. The molecular formula is C16H33N3O. The van der Waals surface area contributed by atoms with Crippen molar-refractivity contribution in [1.82, 2.24) is 9.80 Å². The molecule has 1 heterocycles. The van der Waals surface area contributed by atoms with E-state index in [0.29, 0.717) is 12.1 Å². The first-order valence-corrected chi connectivity index (χ1v) is 8.09. The Bertz CT molecular complexity index is 326. The average Bonchev–Trinajstić information content (AvgIpc) is 2.39. The highest BCUT2D eigenvalue weighted by molar-refractivity contribution is 5.14. The summed E-state index contributed by atoms with van der Waals surface area (Å²) in [6.07, 6.45) is 3.84. The molecule has 1 aliphatic heterocycles. The normalized spacial score (nSPS) is 35.2. The van der Waals surface area contributed by atoms with Crippen LogP contribution in [0.25, 0.3) is 0 Å². The minimum Gasteiger partial charge on any atom is -0.378 e. The number of piperidine rings is 1. The van der Waals surface area contributed by atoms with Crippen LogP contribution in [0.5, 0.6) is 0 Å². The molecule has 2 atom stereocenters. The van der Waals surface area contributed by atoms with Crippen LogP contribution in [0, 0.1) is 5.41 Å². The smallest absolute Gasteiger partial charge is 0.0662 e. The second-order valence-corrected chi connectivity index (χ2v) is 7.48. The van der Waals surface area contributed by atoms with E-state index in [1.807, 2.05) is 0 Å². The van der Waals surface area contributed by atoms with Gasteiger partial charge >= 0.3 is 0 Å². The Morgan fingerprint density at radius 1 is 1.30 bits per heavy atom. The van der Waals surface area contributed by atoms with E-state index in [0.717, 1.165) is 19.6 Å². The zero-order valence-corrected chi connectivity index (χ0v) is 14.0. The summed E-state index contributed by atoms with van der Waals surface area (Å²) < 4.78 is 5.82. The highest BCUT2D eigenvalue weighted by Gasteiger charge is 2.58. The topological polar surface area (TPSA) is 41.7 Å². The molecule has 0 radical (unpaired) electrons. The van der Waals surface area contributed by atoms with Crippen LogP contribution in [0.2, 0.25) is 0 Å². The molecule has 2 N–H and O–H groups in total. The van der Waals surface area contributed by atoms with Crippen molar-refractivity contribution in [2.75, 3.05) is 40.3 Å². The van der Waals surface area contributed by atoms with Gasteiger partial charge in [0.05, 0.1) is 6.10 Å². The zero-order valence-electron chi connectivity index (χ0n) is 14.0. The molecule has 2 rings (SSSR count). The molecule has 2 aliphatic rings. The molecule has 0 aromatic rings. The van der Waals surface area contributed by atoms with Crippen molar-refractivity contribution in [3.8, 4) is 0 Å². The van der Waals surface area contributed by atoms with Crippen LogP contribution < -0.4 is 5.73 Å². The lowest BCUT2D eigenvalue weighted by Gasteiger charge is -2.60. The van der Waals surface area contributed by atoms with Crippen LogP contribution in [0.4, 0.5) is 0 Å². The van der Waals surface area contributed by atoms with Gasteiger partial charge in [-0.15, -0.1) is 0 Å². The first-order valence-electron chi connectivity index (χ1n) is 8.09. The summed E-state index contributed by atoms with van der Waals surface area (Å²) in [4.78, 5) is 4.91. The fraction of sp³-hybridized carbons (Fsp3) is 1.00. The van der Waals surface area contributed by atoms with Gasteiger partial charge in [-0.05, 0) is 53.4 Å². The summed E-state index contributed by atoms with van der Waals surface area (Å²) >= 11 is 0. The molecule has 0 aromatic carbocycles. The lowest BCUT2D eigenvalue weighted by Crippen LogP contribution is -2.73. The standard InChI is InChI=1S/C16H33N3O/c1-6-20-14-11-16(17,15(14,2)3)12-19(5)13-7-9-18(4)10-8-13/h13-14H,6-12,17H2,1-5H3. The SMILES string of the molecule is CCOC1CC(N)(CN(C)C2CCN(C)CC2)C1(C)C. The quantitative estimate of drug-likeness (QED) is 0.831. The van der Waals surface area contributed by atoms with Crippen LogP contribution in [0.15, 0.2) is 0 Å². The maximum absolute atomic E-state index is 6.70. The maximum atomic E-state index is 6.70. The third-order valence-electron chi connectivity index (χ3n) is 5.85. The molecule has 118 valence electrons. The Hall–Kier alpha value is -0.160. The predicted octanol–water partition coefficient (Wildman–Crippen LogP) is 1.54. The fourth-order valence-corrected chi connectivity index (χ4v) is 3.79. The van der Waals surface area contributed by atoms with Gasteiger partial charge < -0.3 is 20.3 Å². The number of rotatable bonds is 5. The van der Waals surface area contributed by atoms with Crippen molar-refractivity contribution in [2.24, 2.45) is 11.1 Å². The molecule has 1 aliphatic carbocycles. The van der Waals surface area contributed by atoms with Crippen LogP contribution in [-0.4, -0.2) is 67.8 Å². The minimum atomic E-state index is -0.106. The number of likely N-dealkylation sites (tertiary alicyclic amines) is 1. The predicted molar refractivity (Wildman–Crippen MR) is 83.9 cm³/mol. The molecule has 0 amide bonds. The molecule has 0 aromatic heterocycles. The van der Waals surface area contributed by atoms with Crippen molar-refractivity contribution >= 4 is 0 Å². The summed E-state index contributed by atoms with van der Waals surface area (Å²) in [6.45, 7) is 10.8. The second kappa shape index (κ2) is 5.91. The molecule has 4 heteroatoms. The van der Waals surface area contributed by atoms with E-state index in [2.05, 4.69) is 44.7 Å². The number of hydrogen-bond donors (Lipinski definition) is 1. The van der Waals surface area contributed by atoms with E-state index in [1.165, 1.54) is 25.9 Å². The second-order valence-electron chi connectivity index (χ2n) is 7.48. The zero-order chi connectivity index (χ0) is 15.0. The van der Waals surface area contributed by atoms with Crippen molar-refractivity contribution in [1.29, 1.82) is 0 Å². The van der Waals surface area contributed by atoms with Crippen molar-refractivity contribution in [3.05, 3.63) is 0 Å². The van der Waals surface area contributed by atoms with E-state index in [9.17, 15) is 0 Å². The van der Waals surface area contributed by atoms with Crippen LogP contribution in [-0.2, 0) is 4.74 Å². The molecule has 1 saturated carbocycles. The lowest BCUT2D eigenvalue weighted by atomic mass is 9.54.